The minimum Gasteiger partial charge on any atom is -0.352 e. The van der Waals surface area contributed by atoms with E-state index >= 15 is 0 Å². The van der Waals surface area contributed by atoms with Crippen LogP contribution in [0.4, 0.5) is 0 Å². The molecule has 1 amide bonds. The van der Waals surface area contributed by atoms with E-state index in [0.717, 1.165) is 11.4 Å². The molecule has 1 aromatic carbocycles. The van der Waals surface area contributed by atoms with Gasteiger partial charge in [0, 0.05) is 24.2 Å². The molecule has 0 spiro atoms. The van der Waals surface area contributed by atoms with Gasteiger partial charge in [-0.1, -0.05) is 29.4 Å². The number of thioether (sulfide) groups is 1. The van der Waals surface area contributed by atoms with Crippen molar-refractivity contribution in [3.63, 3.8) is 0 Å². The van der Waals surface area contributed by atoms with E-state index < -0.39 is 0 Å². The van der Waals surface area contributed by atoms with Crippen molar-refractivity contribution in [1.29, 1.82) is 0 Å². The number of carbonyl (C=O) groups is 1. The molecule has 0 aliphatic carbocycles. The van der Waals surface area contributed by atoms with Gasteiger partial charge >= 0.3 is 0 Å². The van der Waals surface area contributed by atoms with Crippen LogP contribution in [0.15, 0.2) is 42.1 Å². The zero-order valence-corrected chi connectivity index (χ0v) is 14.0. The van der Waals surface area contributed by atoms with E-state index in [1.165, 1.54) is 11.8 Å². The monoisotopic (exact) mass is 336 g/mol. The lowest BCUT2D eigenvalue weighted by molar-refractivity contribution is -0.120. The summed E-state index contributed by atoms with van der Waals surface area (Å²) in [4.78, 5) is 11.9. The number of carbonyl (C=O) groups excluding carboxylic acids is 1. The standard InChI is InChI=1S/C15H17ClN4OS/c1-4-9-17-14(21)10(2)22-15-19-18-13(20(15)3)11-5-7-12(16)8-6-11/h4-8,10H,1,9H2,2-3H3,(H,17,21)/t10-/m0/s1. The highest BCUT2D eigenvalue weighted by Gasteiger charge is 2.18. The van der Waals surface area contributed by atoms with Gasteiger partial charge in [-0.25, -0.2) is 0 Å². The Balaban J connectivity index is 2.12. The van der Waals surface area contributed by atoms with Gasteiger partial charge in [0.1, 0.15) is 0 Å². The Morgan fingerprint density at radius 2 is 2.14 bits per heavy atom. The normalized spacial score (nSPS) is 12.0. The highest BCUT2D eigenvalue weighted by atomic mass is 35.5. The molecular formula is C15H17ClN4OS. The van der Waals surface area contributed by atoms with Gasteiger partial charge < -0.3 is 9.88 Å². The Morgan fingerprint density at radius 3 is 2.77 bits per heavy atom. The smallest absolute Gasteiger partial charge is 0.233 e. The Morgan fingerprint density at radius 1 is 1.45 bits per heavy atom. The first-order chi connectivity index (χ1) is 10.5. The second-order valence-electron chi connectivity index (χ2n) is 4.67. The SMILES string of the molecule is C=CCNC(=O)[C@H](C)Sc1nnc(-c2ccc(Cl)cc2)n1C. The van der Waals surface area contributed by atoms with Gasteiger partial charge in [-0.15, -0.1) is 16.8 Å². The lowest BCUT2D eigenvalue weighted by Crippen LogP contribution is -2.31. The summed E-state index contributed by atoms with van der Waals surface area (Å²) >= 11 is 7.26. The zero-order valence-electron chi connectivity index (χ0n) is 12.4. The topological polar surface area (TPSA) is 59.8 Å². The lowest BCUT2D eigenvalue weighted by atomic mass is 10.2. The van der Waals surface area contributed by atoms with Crippen molar-refractivity contribution in [1.82, 2.24) is 20.1 Å². The van der Waals surface area contributed by atoms with Gasteiger partial charge in [0.2, 0.25) is 5.91 Å². The summed E-state index contributed by atoms with van der Waals surface area (Å²) in [5, 5.41) is 12.2. The molecule has 0 aliphatic heterocycles. The van der Waals surface area contributed by atoms with E-state index in [1.54, 1.807) is 6.08 Å². The zero-order chi connectivity index (χ0) is 16.1. The van der Waals surface area contributed by atoms with Crippen LogP contribution in [-0.4, -0.2) is 32.5 Å². The van der Waals surface area contributed by atoms with Crippen molar-refractivity contribution < 1.29 is 4.79 Å². The fourth-order valence-electron chi connectivity index (χ4n) is 1.80. The summed E-state index contributed by atoms with van der Waals surface area (Å²) in [6, 6.07) is 7.40. The summed E-state index contributed by atoms with van der Waals surface area (Å²) in [7, 11) is 1.88. The predicted octanol–water partition coefficient (Wildman–Crippen LogP) is 2.92. The molecule has 0 saturated heterocycles. The highest BCUT2D eigenvalue weighted by Crippen LogP contribution is 2.26. The Labute approximate surface area is 138 Å². The second kappa shape index (κ2) is 7.47. The maximum absolute atomic E-state index is 11.9. The van der Waals surface area contributed by atoms with Gasteiger partial charge in [0.05, 0.1) is 5.25 Å². The van der Waals surface area contributed by atoms with E-state index in [9.17, 15) is 4.79 Å². The number of halogens is 1. The number of aromatic nitrogens is 3. The molecule has 1 aromatic heterocycles. The van der Waals surface area contributed by atoms with Crippen LogP contribution in [0.1, 0.15) is 6.92 Å². The minimum atomic E-state index is -0.263. The largest absolute Gasteiger partial charge is 0.352 e. The fraction of sp³-hybridized carbons (Fsp3) is 0.267. The molecule has 0 unspecified atom stereocenters. The molecule has 0 aliphatic rings. The minimum absolute atomic E-state index is 0.0547. The average molecular weight is 337 g/mol. The van der Waals surface area contributed by atoms with Crippen LogP contribution in [0.2, 0.25) is 5.02 Å². The van der Waals surface area contributed by atoms with Crippen LogP contribution in [0, 0.1) is 0 Å². The maximum Gasteiger partial charge on any atom is 0.233 e. The molecule has 7 heteroatoms. The number of amides is 1. The molecule has 0 saturated carbocycles. The third-order valence-corrected chi connectivity index (χ3v) is 4.40. The first-order valence-corrected chi connectivity index (χ1v) is 7.99. The summed E-state index contributed by atoms with van der Waals surface area (Å²) in [6.45, 7) is 5.87. The molecule has 1 atom stereocenters. The average Bonchev–Trinajstić information content (AvgIpc) is 2.86. The van der Waals surface area contributed by atoms with E-state index in [0.29, 0.717) is 16.7 Å². The van der Waals surface area contributed by atoms with Crippen molar-refractivity contribution in [3.8, 4) is 11.4 Å². The first kappa shape index (κ1) is 16.6. The molecule has 5 nitrogen and oxygen atoms in total. The molecular weight excluding hydrogens is 320 g/mol. The van der Waals surface area contributed by atoms with Crippen molar-refractivity contribution >= 4 is 29.3 Å². The van der Waals surface area contributed by atoms with Gasteiger partial charge in [-0.3, -0.25) is 4.79 Å². The molecule has 1 N–H and O–H groups in total. The van der Waals surface area contributed by atoms with Gasteiger partial charge in [0.25, 0.3) is 0 Å². The second-order valence-corrected chi connectivity index (χ2v) is 6.41. The van der Waals surface area contributed by atoms with Crippen molar-refractivity contribution in [3.05, 3.63) is 41.9 Å². The van der Waals surface area contributed by atoms with Crippen LogP contribution in [0.5, 0.6) is 0 Å². The summed E-state index contributed by atoms with van der Waals surface area (Å²) in [5.74, 6) is 0.679. The van der Waals surface area contributed by atoms with Crippen LogP contribution in [-0.2, 0) is 11.8 Å². The third-order valence-electron chi connectivity index (χ3n) is 3.01. The van der Waals surface area contributed by atoms with Crippen molar-refractivity contribution in [2.24, 2.45) is 7.05 Å². The molecule has 0 radical (unpaired) electrons. The van der Waals surface area contributed by atoms with Crippen LogP contribution < -0.4 is 5.32 Å². The van der Waals surface area contributed by atoms with Crippen molar-refractivity contribution in [2.75, 3.05) is 6.54 Å². The van der Waals surface area contributed by atoms with Crippen molar-refractivity contribution in [2.45, 2.75) is 17.3 Å². The fourth-order valence-corrected chi connectivity index (χ4v) is 2.76. The van der Waals surface area contributed by atoms with Crippen LogP contribution in [0.25, 0.3) is 11.4 Å². The van der Waals surface area contributed by atoms with Gasteiger partial charge in [-0.2, -0.15) is 0 Å². The van der Waals surface area contributed by atoms with E-state index in [4.69, 9.17) is 11.6 Å². The molecule has 0 fully saturated rings. The quantitative estimate of drug-likeness (QED) is 0.651. The number of nitrogens with one attached hydrogen (secondary N) is 1. The Hall–Kier alpha value is -1.79. The number of nitrogens with zero attached hydrogens (tertiary/aromatic N) is 3. The van der Waals surface area contributed by atoms with E-state index in [1.807, 2.05) is 42.8 Å². The summed E-state index contributed by atoms with van der Waals surface area (Å²) in [6.07, 6.45) is 1.65. The summed E-state index contributed by atoms with van der Waals surface area (Å²) in [5.41, 5.74) is 0.926. The molecule has 2 aromatic rings. The predicted molar refractivity (Wildman–Crippen MR) is 90.0 cm³/mol. The van der Waals surface area contributed by atoms with Gasteiger partial charge in [-0.05, 0) is 31.2 Å². The summed E-state index contributed by atoms with van der Waals surface area (Å²) < 4.78 is 1.87. The number of hydrogen-bond acceptors (Lipinski definition) is 4. The Bertz CT molecular complexity index is 669. The molecule has 116 valence electrons. The number of rotatable bonds is 6. The van der Waals surface area contributed by atoms with Gasteiger partial charge in [0.15, 0.2) is 11.0 Å². The number of hydrogen-bond donors (Lipinski definition) is 1. The van der Waals surface area contributed by atoms with Crippen LogP contribution >= 0.6 is 23.4 Å². The molecule has 22 heavy (non-hydrogen) atoms. The Kier molecular flexibility index (Phi) is 5.63. The van der Waals surface area contributed by atoms with E-state index in [-0.39, 0.29) is 11.2 Å². The molecule has 1 heterocycles. The van der Waals surface area contributed by atoms with E-state index in [2.05, 4.69) is 22.1 Å². The van der Waals surface area contributed by atoms with Crippen LogP contribution in [0.3, 0.4) is 0 Å². The third kappa shape index (κ3) is 3.90. The molecule has 0 bridgehead atoms. The highest BCUT2D eigenvalue weighted by molar-refractivity contribution is 8.00. The molecule has 2 rings (SSSR count). The lowest BCUT2D eigenvalue weighted by Gasteiger charge is -2.10. The maximum atomic E-state index is 11.9. The first-order valence-electron chi connectivity index (χ1n) is 6.73. The number of benzene rings is 1.